The lowest BCUT2D eigenvalue weighted by Gasteiger charge is -2.33. The maximum atomic E-state index is 14.0. The summed E-state index contributed by atoms with van der Waals surface area (Å²) in [6.45, 7) is 4.45. The number of hydrogen-bond donors (Lipinski definition) is 1. The third kappa shape index (κ3) is 3.90. The summed E-state index contributed by atoms with van der Waals surface area (Å²) in [5.74, 6) is 0.203. The molecule has 4 unspecified atom stereocenters. The smallest absolute Gasteiger partial charge is 0.123 e. The molecular weight excluding hydrogens is 374 g/mol. The second kappa shape index (κ2) is 8.04. The normalized spacial score (nSPS) is 29.1. The first-order valence-corrected chi connectivity index (χ1v) is 10.4. The molecule has 1 saturated carbocycles. The van der Waals surface area contributed by atoms with Crippen LogP contribution < -0.4 is 4.74 Å². The van der Waals surface area contributed by atoms with Crippen molar-refractivity contribution in [3.63, 3.8) is 0 Å². The molecule has 3 nitrogen and oxygen atoms in total. The van der Waals surface area contributed by atoms with Crippen LogP contribution in [0.4, 0.5) is 8.78 Å². The summed E-state index contributed by atoms with van der Waals surface area (Å²) in [6.07, 6.45) is 2.40. The molecule has 5 heteroatoms. The third-order valence-electron chi connectivity index (χ3n) is 6.38. The maximum Gasteiger partial charge on any atom is 0.123 e. The van der Waals surface area contributed by atoms with Crippen molar-refractivity contribution in [1.82, 2.24) is 0 Å². The molecule has 1 saturated heterocycles. The fraction of sp³-hybridized carbons (Fsp3) is 0.500. The Labute approximate surface area is 170 Å². The van der Waals surface area contributed by atoms with Gasteiger partial charge in [-0.2, -0.15) is 0 Å². The van der Waals surface area contributed by atoms with Crippen LogP contribution in [0.3, 0.4) is 0 Å². The summed E-state index contributed by atoms with van der Waals surface area (Å²) in [5, 5.41) is 9.96. The van der Waals surface area contributed by atoms with E-state index in [1.165, 1.54) is 18.2 Å². The third-order valence-corrected chi connectivity index (χ3v) is 6.38. The molecule has 0 bridgehead atoms. The molecule has 1 heterocycles. The van der Waals surface area contributed by atoms with Gasteiger partial charge in [-0.25, -0.2) is 8.78 Å². The quantitative estimate of drug-likeness (QED) is 0.749. The highest BCUT2D eigenvalue weighted by atomic mass is 19.1. The van der Waals surface area contributed by atoms with Crippen LogP contribution in [0.15, 0.2) is 42.5 Å². The molecule has 0 aromatic heterocycles. The summed E-state index contributed by atoms with van der Waals surface area (Å²) in [7, 11) is 0. The highest BCUT2D eigenvalue weighted by Crippen LogP contribution is 2.56. The monoisotopic (exact) mass is 402 g/mol. The summed E-state index contributed by atoms with van der Waals surface area (Å²) >= 11 is 0. The Hall–Kier alpha value is -1.98. The van der Waals surface area contributed by atoms with Gasteiger partial charge < -0.3 is 14.6 Å². The van der Waals surface area contributed by atoms with Gasteiger partial charge in [0.2, 0.25) is 0 Å². The zero-order valence-electron chi connectivity index (χ0n) is 16.9. The van der Waals surface area contributed by atoms with E-state index in [4.69, 9.17) is 9.47 Å². The molecule has 1 N–H and O–H groups in total. The molecular formula is C24H28F2O3. The van der Waals surface area contributed by atoms with Crippen LogP contribution in [0.25, 0.3) is 0 Å². The number of benzene rings is 2. The minimum absolute atomic E-state index is 0.00675. The van der Waals surface area contributed by atoms with E-state index in [0.29, 0.717) is 12.4 Å². The zero-order chi connectivity index (χ0) is 20.6. The maximum absolute atomic E-state index is 14.0. The van der Waals surface area contributed by atoms with Gasteiger partial charge in [0.25, 0.3) is 0 Å². The lowest BCUT2D eigenvalue weighted by atomic mass is 9.76. The molecule has 2 aromatic carbocycles. The van der Waals surface area contributed by atoms with E-state index >= 15 is 0 Å². The van der Waals surface area contributed by atoms with E-state index in [-0.39, 0.29) is 42.1 Å². The second-order valence-corrected chi connectivity index (χ2v) is 8.64. The fourth-order valence-electron chi connectivity index (χ4n) is 5.22. The summed E-state index contributed by atoms with van der Waals surface area (Å²) in [6, 6.07) is 11.2. The average molecular weight is 402 g/mol. The number of aliphatic hydroxyl groups excluding tert-OH is 1. The predicted octanol–water partition coefficient (Wildman–Crippen LogP) is 5.18. The van der Waals surface area contributed by atoms with Gasteiger partial charge in [0, 0.05) is 24.0 Å². The van der Waals surface area contributed by atoms with Gasteiger partial charge in [0.15, 0.2) is 0 Å². The van der Waals surface area contributed by atoms with Crippen molar-refractivity contribution in [3.8, 4) is 5.75 Å². The van der Waals surface area contributed by atoms with Gasteiger partial charge in [0.05, 0.1) is 18.3 Å². The second-order valence-electron chi connectivity index (χ2n) is 8.64. The average Bonchev–Trinajstić information content (AvgIpc) is 3.28. The highest BCUT2D eigenvalue weighted by molar-refractivity contribution is 5.39. The minimum Gasteiger partial charge on any atom is -0.491 e. The fourth-order valence-corrected chi connectivity index (χ4v) is 5.22. The van der Waals surface area contributed by atoms with Crippen molar-refractivity contribution in [2.45, 2.75) is 56.7 Å². The Morgan fingerprint density at radius 1 is 1.14 bits per heavy atom. The molecule has 1 aliphatic heterocycles. The molecule has 4 atom stereocenters. The molecule has 2 aliphatic rings. The lowest BCUT2D eigenvalue weighted by molar-refractivity contribution is -0.0122. The molecule has 1 aliphatic carbocycles. The topological polar surface area (TPSA) is 38.7 Å². The van der Waals surface area contributed by atoms with E-state index in [2.05, 4.69) is 0 Å². The van der Waals surface area contributed by atoms with E-state index in [9.17, 15) is 13.9 Å². The van der Waals surface area contributed by atoms with Crippen molar-refractivity contribution < 1.29 is 23.4 Å². The van der Waals surface area contributed by atoms with Gasteiger partial charge in [-0.05, 0) is 74.9 Å². The number of rotatable bonds is 5. The molecule has 2 fully saturated rings. The molecule has 0 amide bonds. The summed E-state index contributed by atoms with van der Waals surface area (Å²) in [5.41, 5.74) is 1.39. The van der Waals surface area contributed by atoms with Crippen LogP contribution in [0.1, 0.15) is 56.1 Å². The molecule has 0 radical (unpaired) electrons. The SMILES string of the molecule is CC(C)Oc1ccc(F)cc1C1COC2(CCC(CO)C2c2ccc(F)cc2)C1. The van der Waals surface area contributed by atoms with Gasteiger partial charge in [-0.3, -0.25) is 0 Å². The first-order valence-electron chi connectivity index (χ1n) is 10.4. The van der Waals surface area contributed by atoms with Crippen molar-refractivity contribution in [1.29, 1.82) is 0 Å². The van der Waals surface area contributed by atoms with Gasteiger partial charge in [0.1, 0.15) is 17.4 Å². The number of aliphatic hydroxyl groups is 1. The van der Waals surface area contributed by atoms with E-state index < -0.39 is 5.60 Å². The Balaban J connectivity index is 1.65. The minimum atomic E-state index is -0.433. The van der Waals surface area contributed by atoms with E-state index in [1.54, 1.807) is 24.3 Å². The van der Waals surface area contributed by atoms with Crippen LogP contribution in [0, 0.1) is 17.6 Å². The highest BCUT2D eigenvalue weighted by Gasteiger charge is 2.54. The van der Waals surface area contributed by atoms with Crippen LogP contribution in [0.5, 0.6) is 5.75 Å². The Kier molecular flexibility index (Phi) is 5.63. The van der Waals surface area contributed by atoms with Crippen LogP contribution in [-0.4, -0.2) is 30.0 Å². The van der Waals surface area contributed by atoms with Gasteiger partial charge in [-0.15, -0.1) is 0 Å². The Bertz CT molecular complexity index is 852. The Morgan fingerprint density at radius 2 is 1.86 bits per heavy atom. The summed E-state index contributed by atoms with van der Waals surface area (Å²) in [4.78, 5) is 0. The lowest BCUT2D eigenvalue weighted by Crippen LogP contribution is -2.34. The van der Waals surface area contributed by atoms with Crippen molar-refractivity contribution in [2.24, 2.45) is 5.92 Å². The van der Waals surface area contributed by atoms with E-state index in [1.807, 2.05) is 13.8 Å². The first-order chi connectivity index (χ1) is 13.9. The van der Waals surface area contributed by atoms with Crippen LogP contribution in [-0.2, 0) is 4.74 Å². The van der Waals surface area contributed by atoms with Gasteiger partial charge >= 0.3 is 0 Å². The zero-order valence-corrected chi connectivity index (χ0v) is 16.9. The van der Waals surface area contributed by atoms with Crippen LogP contribution in [0.2, 0.25) is 0 Å². The van der Waals surface area contributed by atoms with Crippen molar-refractivity contribution in [2.75, 3.05) is 13.2 Å². The van der Waals surface area contributed by atoms with Gasteiger partial charge in [-0.1, -0.05) is 12.1 Å². The van der Waals surface area contributed by atoms with Crippen molar-refractivity contribution >= 4 is 0 Å². The van der Waals surface area contributed by atoms with Crippen molar-refractivity contribution in [3.05, 3.63) is 65.2 Å². The standard InChI is InChI=1S/C24H28F2O3/c1-15(2)29-22-8-7-20(26)11-21(22)18-12-24(28-14-18)10-9-17(13-27)23(24)16-3-5-19(25)6-4-16/h3-8,11,15,17-18,23,27H,9-10,12-14H2,1-2H3. The molecule has 156 valence electrons. The number of hydrogen-bond acceptors (Lipinski definition) is 3. The molecule has 4 rings (SSSR count). The predicted molar refractivity (Wildman–Crippen MR) is 107 cm³/mol. The Morgan fingerprint density at radius 3 is 2.55 bits per heavy atom. The molecule has 1 spiro atoms. The molecule has 2 aromatic rings. The van der Waals surface area contributed by atoms with E-state index in [0.717, 1.165) is 30.4 Å². The number of halogens is 2. The summed E-state index contributed by atoms with van der Waals surface area (Å²) < 4.78 is 39.8. The first kappa shape index (κ1) is 20.3. The number of ether oxygens (including phenoxy) is 2. The molecule has 29 heavy (non-hydrogen) atoms. The largest absolute Gasteiger partial charge is 0.491 e. The van der Waals surface area contributed by atoms with Crippen LogP contribution >= 0.6 is 0 Å².